The number of hydrogen-bond acceptors (Lipinski definition) is 3. The van der Waals surface area contributed by atoms with Gasteiger partial charge in [-0.3, -0.25) is 9.59 Å². The SMILES string of the molecule is CC(C)[C@]1(C(=O)Nc2ccc(Cl)c(CN(C)C)c2)C[C@H]1C(=O)O. The summed E-state index contributed by atoms with van der Waals surface area (Å²) in [6.45, 7) is 4.44. The third-order valence-corrected chi connectivity index (χ3v) is 4.91. The van der Waals surface area contributed by atoms with E-state index in [1.165, 1.54) is 0 Å². The molecule has 5 nitrogen and oxygen atoms in total. The zero-order chi connectivity index (χ0) is 17.4. The molecule has 1 aliphatic carbocycles. The number of nitrogens with one attached hydrogen (secondary N) is 1. The number of carboxylic acid groups (broad SMARTS) is 1. The summed E-state index contributed by atoms with van der Waals surface area (Å²) >= 11 is 6.18. The van der Waals surface area contributed by atoms with Gasteiger partial charge in [-0.15, -0.1) is 0 Å². The number of aliphatic carboxylic acids is 1. The summed E-state index contributed by atoms with van der Waals surface area (Å²) < 4.78 is 0. The number of nitrogens with zero attached hydrogens (tertiary/aromatic N) is 1. The number of carbonyl (C=O) groups excluding carboxylic acids is 1. The van der Waals surface area contributed by atoms with Crippen molar-refractivity contribution in [3.63, 3.8) is 0 Å². The normalized spacial score (nSPS) is 23.2. The Morgan fingerprint density at radius 3 is 2.57 bits per heavy atom. The highest BCUT2D eigenvalue weighted by Crippen LogP contribution is 2.58. The zero-order valence-corrected chi connectivity index (χ0v) is 14.6. The van der Waals surface area contributed by atoms with Crippen molar-refractivity contribution in [2.75, 3.05) is 19.4 Å². The van der Waals surface area contributed by atoms with Gasteiger partial charge in [0, 0.05) is 17.3 Å². The van der Waals surface area contributed by atoms with Crippen LogP contribution in [0.1, 0.15) is 25.8 Å². The van der Waals surface area contributed by atoms with E-state index in [4.69, 9.17) is 11.6 Å². The van der Waals surface area contributed by atoms with Crippen molar-refractivity contribution in [2.45, 2.75) is 26.8 Å². The Bertz CT molecular complexity index is 630. The number of anilines is 1. The highest BCUT2D eigenvalue weighted by atomic mass is 35.5. The van der Waals surface area contributed by atoms with Gasteiger partial charge in [0.2, 0.25) is 5.91 Å². The highest BCUT2D eigenvalue weighted by Gasteiger charge is 2.65. The van der Waals surface area contributed by atoms with Gasteiger partial charge in [0.05, 0.1) is 11.3 Å². The Labute approximate surface area is 141 Å². The molecule has 1 saturated carbocycles. The molecule has 0 saturated heterocycles. The molecule has 0 aliphatic heterocycles. The van der Waals surface area contributed by atoms with Gasteiger partial charge >= 0.3 is 5.97 Å². The van der Waals surface area contributed by atoms with E-state index in [1.54, 1.807) is 12.1 Å². The van der Waals surface area contributed by atoms with E-state index in [2.05, 4.69) is 5.32 Å². The monoisotopic (exact) mass is 338 g/mol. The van der Waals surface area contributed by atoms with Gasteiger partial charge in [0.15, 0.2) is 0 Å². The van der Waals surface area contributed by atoms with E-state index < -0.39 is 17.3 Å². The summed E-state index contributed by atoms with van der Waals surface area (Å²) in [4.78, 5) is 25.9. The van der Waals surface area contributed by atoms with Crippen molar-refractivity contribution in [3.8, 4) is 0 Å². The molecule has 2 N–H and O–H groups in total. The molecule has 1 aromatic carbocycles. The average molecular weight is 339 g/mol. The molecule has 0 aromatic heterocycles. The lowest BCUT2D eigenvalue weighted by atomic mass is 9.88. The molecular weight excluding hydrogens is 316 g/mol. The van der Waals surface area contributed by atoms with Crippen LogP contribution in [0.3, 0.4) is 0 Å². The average Bonchev–Trinajstić information content (AvgIpc) is 3.19. The summed E-state index contributed by atoms with van der Waals surface area (Å²) in [5, 5.41) is 12.7. The molecule has 23 heavy (non-hydrogen) atoms. The fourth-order valence-electron chi connectivity index (χ4n) is 3.10. The molecule has 0 unspecified atom stereocenters. The van der Waals surface area contributed by atoms with Gasteiger partial charge in [-0.25, -0.2) is 0 Å². The van der Waals surface area contributed by atoms with Crippen LogP contribution in [-0.4, -0.2) is 36.0 Å². The van der Waals surface area contributed by atoms with Crippen LogP contribution in [0.15, 0.2) is 18.2 Å². The van der Waals surface area contributed by atoms with Gasteiger partial charge in [0.1, 0.15) is 0 Å². The fourth-order valence-corrected chi connectivity index (χ4v) is 3.28. The fraction of sp³-hybridized carbons (Fsp3) is 0.529. The van der Waals surface area contributed by atoms with Crippen molar-refractivity contribution in [2.24, 2.45) is 17.3 Å². The Morgan fingerprint density at radius 1 is 1.43 bits per heavy atom. The first-order valence-electron chi connectivity index (χ1n) is 7.66. The molecule has 1 fully saturated rings. The summed E-state index contributed by atoms with van der Waals surface area (Å²) in [6, 6.07) is 5.33. The first-order chi connectivity index (χ1) is 10.7. The minimum Gasteiger partial charge on any atom is -0.481 e. The zero-order valence-electron chi connectivity index (χ0n) is 13.9. The van der Waals surface area contributed by atoms with Gasteiger partial charge in [-0.05, 0) is 50.2 Å². The summed E-state index contributed by atoms with van der Waals surface area (Å²) in [6.07, 6.45) is 0.393. The second kappa shape index (κ2) is 6.49. The second-order valence-electron chi connectivity index (χ2n) is 6.79. The van der Waals surface area contributed by atoms with Gasteiger partial charge < -0.3 is 15.3 Å². The smallest absolute Gasteiger partial charge is 0.307 e. The van der Waals surface area contributed by atoms with Crippen LogP contribution < -0.4 is 5.32 Å². The lowest BCUT2D eigenvalue weighted by molar-refractivity contribution is -0.141. The highest BCUT2D eigenvalue weighted by molar-refractivity contribution is 6.31. The van der Waals surface area contributed by atoms with Crippen molar-refractivity contribution < 1.29 is 14.7 Å². The van der Waals surface area contributed by atoms with E-state index in [9.17, 15) is 14.7 Å². The Balaban J connectivity index is 2.19. The predicted molar refractivity (Wildman–Crippen MR) is 90.5 cm³/mol. The number of halogens is 1. The van der Waals surface area contributed by atoms with Crippen LogP contribution in [0.4, 0.5) is 5.69 Å². The van der Waals surface area contributed by atoms with Crippen LogP contribution in [0.25, 0.3) is 0 Å². The molecule has 2 rings (SSSR count). The first-order valence-corrected chi connectivity index (χ1v) is 8.03. The van der Waals surface area contributed by atoms with Crippen LogP contribution in [0.2, 0.25) is 5.02 Å². The number of hydrogen-bond donors (Lipinski definition) is 2. The topological polar surface area (TPSA) is 69.6 Å². The maximum Gasteiger partial charge on any atom is 0.307 e. The van der Waals surface area contributed by atoms with E-state index in [1.807, 2.05) is 38.9 Å². The van der Waals surface area contributed by atoms with Gasteiger partial charge in [0.25, 0.3) is 0 Å². The summed E-state index contributed by atoms with van der Waals surface area (Å²) in [5.41, 5.74) is 0.749. The third kappa shape index (κ3) is 3.51. The van der Waals surface area contributed by atoms with Crippen molar-refractivity contribution >= 4 is 29.2 Å². The lowest BCUT2D eigenvalue weighted by Crippen LogP contribution is -2.32. The number of rotatable bonds is 6. The molecule has 1 aliphatic rings. The summed E-state index contributed by atoms with van der Waals surface area (Å²) in [7, 11) is 3.88. The van der Waals surface area contributed by atoms with Gasteiger partial charge in [-0.2, -0.15) is 0 Å². The number of benzene rings is 1. The Morgan fingerprint density at radius 2 is 2.09 bits per heavy atom. The minimum absolute atomic E-state index is 0.0304. The largest absolute Gasteiger partial charge is 0.481 e. The van der Waals surface area contributed by atoms with Crippen LogP contribution in [0, 0.1) is 17.3 Å². The number of carbonyl (C=O) groups is 2. The second-order valence-corrected chi connectivity index (χ2v) is 7.20. The van der Waals surface area contributed by atoms with Crippen LogP contribution >= 0.6 is 11.6 Å². The molecule has 0 heterocycles. The molecule has 6 heteroatoms. The molecule has 1 amide bonds. The third-order valence-electron chi connectivity index (χ3n) is 4.54. The molecule has 1 aromatic rings. The van der Waals surface area contributed by atoms with Crippen molar-refractivity contribution in [3.05, 3.63) is 28.8 Å². The van der Waals surface area contributed by atoms with E-state index in [-0.39, 0.29) is 11.8 Å². The van der Waals surface area contributed by atoms with Crippen molar-refractivity contribution in [1.82, 2.24) is 4.90 Å². The predicted octanol–water partition coefficient (Wildman–Crippen LogP) is 3.09. The standard InChI is InChI=1S/C17H23ClN2O3/c1-10(2)17(8-13(17)15(21)22)16(23)19-12-5-6-14(18)11(7-12)9-20(3)4/h5-7,10,13H,8-9H2,1-4H3,(H,19,23)(H,21,22)/t13-,17+/m0/s1. The molecular formula is C17H23ClN2O3. The molecule has 0 spiro atoms. The first kappa shape index (κ1) is 17.8. The number of carboxylic acids is 1. The van der Waals surface area contributed by atoms with E-state index in [0.29, 0.717) is 23.7 Å². The quantitative estimate of drug-likeness (QED) is 0.836. The number of amides is 1. The van der Waals surface area contributed by atoms with Crippen molar-refractivity contribution in [1.29, 1.82) is 0 Å². The molecule has 2 atom stereocenters. The summed E-state index contributed by atoms with van der Waals surface area (Å²) in [5.74, 6) is -1.76. The van der Waals surface area contributed by atoms with E-state index >= 15 is 0 Å². The molecule has 126 valence electrons. The van der Waals surface area contributed by atoms with E-state index in [0.717, 1.165) is 5.56 Å². The Hall–Kier alpha value is -1.59. The maximum atomic E-state index is 12.7. The maximum absolute atomic E-state index is 12.7. The molecule has 0 radical (unpaired) electrons. The van der Waals surface area contributed by atoms with Crippen LogP contribution in [0.5, 0.6) is 0 Å². The molecule has 0 bridgehead atoms. The Kier molecular flexibility index (Phi) is 5.01. The van der Waals surface area contributed by atoms with Gasteiger partial charge in [-0.1, -0.05) is 25.4 Å². The van der Waals surface area contributed by atoms with Crippen LogP contribution in [-0.2, 0) is 16.1 Å². The lowest BCUT2D eigenvalue weighted by Gasteiger charge is -2.21. The minimum atomic E-state index is -0.904.